The second kappa shape index (κ2) is 11.5. The first-order chi connectivity index (χ1) is 25.8. The molecule has 11 rings (SSSR count). The van der Waals surface area contributed by atoms with Gasteiger partial charge in [-0.15, -0.1) is 11.3 Å². The van der Waals surface area contributed by atoms with E-state index in [1.54, 1.807) is 0 Å². The fourth-order valence-corrected chi connectivity index (χ4v) is 9.21. The highest BCUT2D eigenvalue weighted by atomic mass is 32.1. The second-order valence-electron chi connectivity index (χ2n) is 13.3. The van der Waals surface area contributed by atoms with Crippen molar-refractivity contribution in [3.05, 3.63) is 176 Å². The lowest BCUT2D eigenvalue weighted by molar-refractivity contribution is 1.01. The smallest absolute Gasteiger partial charge is 0.235 e. The Bertz CT molecular complexity index is 3300. The molecule has 0 radical (unpaired) electrons. The van der Waals surface area contributed by atoms with Gasteiger partial charge in [0, 0.05) is 31.1 Å². The summed E-state index contributed by atoms with van der Waals surface area (Å²) in [5.74, 6) is 0.659. The van der Waals surface area contributed by atoms with Crippen molar-refractivity contribution < 1.29 is 0 Å². The van der Waals surface area contributed by atoms with Gasteiger partial charge in [-0.25, -0.2) is 9.97 Å². The third-order valence-corrected chi connectivity index (χ3v) is 11.6. The number of nitrogens with zero attached hydrogens (tertiary/aromatic N) is 3. The zero-order chi connectivity index (χ0) is 34.2. The number of hydrogen-bond donors (Lipinski definition) is 0. The summed E-state index contributed by atoms with van der Waals surface area (Å²) < 4.78 is 4.77. The lowest BCUT2D eigenvalue weighted by atomic mass is 9.98. The van der Waals surface area contributed by atoms with Crippen molar-refractivity contribution in [2.24, 2.45) is 0 Å². The molecule has 3 heterocycles. The molecule has 0 aliphatic rings. The molecule has 242 valence electrons. The van der Waals surface area contributed by atoms with Crippen LogP contribution >= 0.6 is 11.3 Å². The van der Waals surface area contributed by atoms with Gasteiger partial charge in [0.1, 0.15) is 0 Å². The quantitative estimate of drug-likeness (QED) is 0.182. The molecule has 0 unspecified atom stereocenters. The van der Waals surface area contributed by atoms with E-state index in [2.05, 4.69) is 180 Å². The van der Waals surface area contributed by atoms with E-state index in [1.165, 1.54) is 63.3 Å². The zero-order valence-electron chi connectivity index (χ0n) is 28.0. The Hall–Kier alpha value is -6.62. The van der Waals surface area contributed by atoms with Gasteiger partial charge >= 0.3 is 0 Å². The zero-order valence-corrected chi connectivity index (χ0v) is 28.8. The molecule has 3 aromatic heterocycles. The Morgan fingerprint density at radius 2 is 0.962 bits per heavy atom. The van der Waals surface area contributed by atoms with Gasteiger partial charge in [-0.2, -0.15) is 0 Å². The van der Waals surface area contributed by atoms with Crippen LogP contribution in [0.5, 0.6) is 0 Å². The Balaban J connectivity index is 1.40. The predicted molar refractivity (Wildman–Crippen MR) is 222 cm³/mol. The molecule has 8 aromatic carbocycles. The molecule has 0 fully saturated rings. The summed E-state index contributed by atoms with van der Waals surface area (Å²) in [6.07, 6.45) is 0. The highest BCUT2D eigenvalue weighted by Crippen LogP contribution is 2.42. The van der Waals surface area contributed by atoms with E-state index in [4.69, 9.17) is 9.97 Å². The van der Waals surface area contributed by atoms with Gasteiger partial charge in [0.25, 0.3) is 0 Å². The highest BCUT2D eigenvalue weighted by Gasteiger charge is 2.20. The molecule has 4 heteroatoms. The topological polar surface area (TPSA) is 30.7 Å². The molecule has 0 amide bonds. The molecular weight excluding hydrogens is 651 g/mol. The summed E-state index contributed by atoms with van der Waals surface area (Å²) in [5, 5.41) is 13.1. The molecule has 0 atom stereocenters. The largest absolute Gasteiger partial charge is 0.278 e. The van der Waals surface area contributed by atoms with Crippen LogP contribution in [-0.4, -0.2) is 14.5 Å². The minimum absolute atomic E-state index is 0.659. The van der Waals surface area contributed by atoms with Gasteiger partial charge in [0.2, 0.25) is 5.95 Å². The van der Waals surface area contributed by atoms with Gasteiger partial charge in [0.15, 0.2) is 0 Å². The summed E-state index contributed by atoms with van der Waals surface area (Å²) in [6, 6.07) is 63.3. The summed E-state index contributed by atoms with van der Waals surface area (Å²) in [6.45, 7) is 0. The van der Waals surface area contributed by atoms with Crippen molar-refractivity contribution in [3.8, 4) is 17.2 Å². The van der Waals surface area contributed by atoms with E-state index >= 15 is 0 Å². The van der Waals surface area contributed by atoms with Crippen molar-refractivity contribution in [1.29, 1.82) is 0 Å². The predicted octanol–water partition coefficient (Wildman–Crippen LogP) is 13.3. The van der Waals surface area contributed by atoms with E-state index in [1.807, 2.05) is 11.3 Å². The van der Waals surface area contributed by atoms with Crippen LogP contribution in [0.3, 0.4) is 0 Å². The van der Waals surface area contributed by atoms with Crippen molar-refractivity contribution >= 4 is 96.5 Å². The Labute approximate surface area is 303 Å². The average Bonchev–Trinajstić information content (AvgIpc) is 3.56. The summed E-state index contributed by atoms with van der Waals surface area (Å²) in [5.41, 5.74) is 5.07. The van der Waals surface area contributed by atoms with Crippen molar-refractivity contribution in [3.63, 3.8) is 0 Å². The van der Waals surface area contributed by atoms with Crippen molar-refractivity contribution in [2.75, 3.05) is 0 Å². The lowest BCUT2D eigenvalue weighted by Crippen LogP contribution is -2.03. The third kappa shape index (κ3) is 4.38. The maximum atomic E-state index is 5.41. The molecular formula is C48H29N3S. The fourth-order valence-electron chi connectivity index (χ4n) is 8.10. The Kier molecular flexibility index (Phi) is 6.42. The molecule has 3 nitrogen and oxygen atoms in total. The Morgan fingerprint density at radius 3 is 1.73 bits per heavy atom. The molecule has 0 saturated carbocycles. The van der Waals surface area contributed by atoms with E-state index < -0.39 is 0 Å². The van der Waals surface area contributed by atoms with Crippen LogP contribution in [0.2, 0.25) is 0 Å². The summed E-state index contributed by atoms with van der Waals surface area (Å²) >= 11 is 1.84. The molecule has 0 saturated heterocycles. The van der Waals surface area contributed by atoms with Crippen LogP contribution in [0.4, 0.5) is 0 Å². The van der Waals surface area contributed by atoms with Crippen LogP contribution < -0.4 is 0 Å². The van der Waals surface area contributed by atoms with Gasteiger partial charge in [-0.1, -0.05) is 140 Å². The number of benzene rings is 8. The number of rotatable bonds is 2. The number of para-hydroxylation sites is 1. The minimum Gasteiger partial charge on any atom is -0.278 e. The van der Waals surface area contributed by atoms with E-state index in [0.29, 0.717) is 5.95 Å². The van der Waals surface area contributed by atoms with Crippen LogP contribution in [0.15, 0.2) is 176 Å². The van der Waals surface area contributed by atoms with E-state index in [9.17, 15) is 0 Å². The summed E-state index contributed by atoms with van der Waals surface area (Å²) in [7, 11) is 0. The van der Waals surface area contributed by atoms with Gasteiger partial charge in [0.05, 0.1) is 22.2 Å². The second-order valence-corrected chi connectivity index (χ2v) is 14.4. The number of fused-ring (bicyclic) bond motifs is 13. The van der Waals surface area contributed by atoms with Crippen LogP contribution in [0, 0.1) is 0 Å². The highest BCUT2D eigenvalue weighted by molar-refractivity contribution is 7.24. The van der Waals surface area contributed by atoms with Gasteiger partial charge < -0.3 is 0 Å². The molecule has 0 aliphatic heterocycles. The first kappa shape index (κ1) is 29.1. The molecule has 11 aromatic rings. The molecule has 0 N–H and O–H groups in total. The molecule has 0 bridgehead atoms. The maximum absolute atomic E-state index is 5.41. The number of hydrogen-bond acceptors (Lipinski definition) is 3. The average molecular weight is 680 g/mol. The van der Waals surface area contributed by atoms with E-state index in [0.717, 1.165) is 33.2 Å². The van der Waals surface area contributed by atoms with Crippen molar-refractivity contribution in [2.45, 2.75) is 0 Å². The first-order valence-electron chi connectivity index (χ1n) is 17.6. The monoisotopic (exact) mass is 679 g/mol. The molecule has 0 spiro atoms. The normalized spacial score (nSPS) is 11.8. The standard InChI is InChI=1S/C48H29N3S/c1-2-15-31(16-3-1)47-37-22-8-11-23-41(37)49-48(50-47)51-42-27-26-30-14-4-5-17-32(30)46(42)40-28-38-34-19-7-6-18-33(34)35-20-9-12-24-44(35)52-45-25-13-10-21-36(45)39(38)29-43(40)51/h1-29H. The van der Waals surface area contributed by atoms with Crippen LogP contribution in [0.25, 0.3) is 102 Å². The molecule has 0 aliphatic carbocycles. The fraction of sp³-hybridized carbons (Fsp3) is 0. The van der Waals surface area contributed by atoms with Crippen molar-refractivity contribution in [1.82, 2.24) is 14.5 Å². The molecule has 52 heavy (non-hydrogen) atoms. The third-order valence-electron chi connectivity index (χ3n) is 10.4. The number of aromatic nitrogens is 3. The Morgan fingerprint density at radius 1 is 0.385 bits per heavy atom. The summed E-state index contributed by atoms with van der Waals surface area (Å²) in [4.78, 5) is 10.7. The van der Waals surface area contributed by atoms with Crippen LogP contribution in [0.1, 0.15) is 0 Å². The van der Waals surface area contributed by atoms with E-state index in [-0.39, 0.29) is 0 Å². The van der Waals surface area contributed by atoms with Gasteiger partial charge in [-0.3, -0.25) is 4.57 Å². The minimum atomic E-state index is 0.659. The SMILES string of the molecule is c1ccc(-c2nc(-n3c4cc5c6ccccc6sc6ccccc6c6ccccc6c5cc4c4c5ccccc5ccc43)nc3ccccc23)cc1. The first-order valence-corrected chi connectivity index (χ1v) is 18.4. The maximum Gasteiger partial charge on any atom is 0.235 e. The lowest BCUT2D eigenvalue weighted by Gasteiger charge is -2.12. The van der Waals surface area contributed by atoms with Crippen LogP contribution in [-0.2, 0) is 0 Å². The van der Waals surface area contributed by atoms with Gasteiger partial charge in [-0.05, 0) is 79.5 Å².